The molecule has 2 N–H and O–H groups in total. The Bertz CT molecular complexity index is 559. The van der Waals surface area contributed by atoms with Crippen molar-refractivity contribution in [2.24, 2.45) is 0 Å². The highest BCUT2D eigenvalue weighted by Crippen LogP contribution is 2.22. The summed E-state index contributed by atoms with van der Waals surface area (Å²) < 4.78 is 28.5. The first-order valence-electron chi connectivity index (χ1n) is 4.41. The Morgan fingerprint density at radius 3 is 2.38 bits per heavy atom. The van der Waals surface area contributed by atoms with Gasteiger partial charge >= 0.3 is 10.1 Å². The van der Waals surface area contributed by atoms with Crippen LogP contribution in [-0.2, 0) is 10.1 Å². The zero-order chi connectivity index (χ0) is 11.6. The lowest BCUT2D eigenvalue weighted by molar-refractivity contribution is 0.488. The molecule has 0 aliphatic rings. The van der Waals surface area contributed by atoms with Crippen LogP contribution >= 0.6 is 11.3 Å². The minimum Gasteiger partial charge on any atom is -0.399 e. The minimum absolute atomic E-state index is 0.185. The Morgan fingerprint density at radius 1 is 1.12 bits per heavy atom. The molecule has 4 nitrogen and oxygen atoms in total. The van der Waals surface area contributed by atoms with Gasteiger partial charge in [0.05, 0.1) is 0 Å². The van der Waals surface area contributed by atoms with Gasteiger partial charge in [-0.15, -0.1) is 11.3 Å². The molecular formula is C10H9NO3S2. The monoisotopic (exact) mass is 255 g/mol. The summed E-state index contributed by atoms with van der Waals surface area (Å²) in [6, 6.07) is 9.35. The molecule has 0 fully saturated rings. The van der Waals surface area contributed by atoms with Gasteiger partial charge in [0.15, 0.2) is 4.21 Å². The van der Waals surface area contributed by atoms with Gasteiger partial charge in [0.25, 0.3) is 0 Å². The lowest BCUT2D eigenvalue weighted by Gasteiger charge is -2.04. The fourth-order valence-electron chi connectivity index (χ4n) is 1.10. The number of rotatable bonds is 3. The largest absolute Gasteiger partial charge is 0.399 e. The van der Waals surface area contributed by atoms with Gasteiger partial charge in [-0.3, -0.25) is 0 Å². The first-order chi connectivity index (χ1) is 7.58. The van der Waals surface area contributed by atoms with E-state index in [1.54, 1.807) is 23.6 Å². The van der Waals surface area contributed by atoms with Crippen molar-refractivity contribution in [2.45, 2.75) is 4.21 Å². The number of hydrogen-bond acceptors (Lipinski definition) is 5. The number of anilines is 1. The van der Waals surface area contributed by atoms with Gasteiger partial charge in [-0.25, -0.2) is 0 Å². The van der Waals surface area contributed by atoms with Crippen LogP contribution in [0.5, 0.6) is 5.75 Å². The Kier molecular flexibility index (Phi) is 2.84. The number of nitrogen functional groups attached to an aromatic ring is 1. The minimum atomic E-state index is -3.71. The van der Waals surface area contributed by atoms with E-state index in [0.717, 1.165) is 11.3 Å². The summed E-state index contributed by atoms with van der Waals surface area (Å²) in [5.74, 6) is 0.252. The fourth-order valence-corrected chi connectivity index (χ4v) is 2.98. The van der Waals surface area contributed by atoms with Gasteiger partial charge in [0, 0.05) is 5.69 Å². The topological polar surface area (TPSA) is 69.4 Å². The van der Waals surface area contributed by atoms with Crippen LogP contribution in [-0.4, -0.2) is 8.42 Å². The molecule has 0 aliphatic heterocycles. The molecule has 6 heteroatoms. The van der Waals surface area contributed by atoms with E-state index >= 15 is 0 Å². The van der Waals surface area contributed by atoms with Crippen molar-refractivity contribution in [3.05, 3.63) is 41.8 Å². The quantitative estimate of drug-likeness (QED) is 0.673. The van der Waals surface area contributed by atoms with Crippen molar-refractivity contribution >= 4 is 27.1 Å². The maximum absolute atomic E-state index is 11.7. The molecule has 0 unspecified atom stereocenters. The SMILES string of the molecule is Nc1ccc(OS(=O)(=O)c2cccs2)cc1. The van der Waals surface area contributed by atoms with Crippen LogP contribution in [0, 0.1) is 0 Å². The molecule has 1 aromatic heterocycles. The van der Waals surface area contributed by atoms with Crippen LogP contribution in [0.1, 0.15) is 0 Å². The van der Waals surface area contributed by atoms with Gasteiger partial charge in [-0.05, 0) is 35.7 Å². The molecule has 0 saturated heterocycles. The van der Waals surface area contributed by atoms with E-state index in [2.05, 4.69) is 0 Å². The van der Waals surface area contributed by atoms with Crippen molar-refractivity contribution in [1.29, 1.82) is 0 Å². The van der Waals surface area contributed by atoms with Crippen molar-refractivity contribution < 1.29 is 12.6 Å². The average molecular weight is 255 g/mol. The summed E-state index contributed by atoms with van der Waals surface area (Å²) in [5.41, 5.74) is 6.04. The van der Waals surface area contributed by atoms with Gasteiger partial charge in [-0.2, -0.15) is 8.42 Å². The second-order valence-corrected chi connectivity index (χ2v) is 5.76. The summed E-state index contributed by atoms with van der Waals surface area (Å²) in [6.07, 6.45) is 0. The second-order valence-electron chi connectivity index (χ2n) is 3.04. The third kappa shape index (κ3) is 2.34. The molecule has 0 aliphatic carbocycles. The summed E-state index contributed by atoms with van der Waals surface area (Å²) in [5, 5.41) is 1.68. The number of hydrogen-bond donors (Lipinski definition) is 1. The van der Waals surface area contributed by atoms with Crippen molar-refractivity contribution in [2.75, 3.05) is 5.73 Å². The normalized spacial score (nSPS) is 11.2. The first-order valence-corrected chi connectivity index (χ1v) is 6.70. The van der Waals surface area contributed by atoms with Crippen LogP contribution in [0.4, 0.5) is 5.69 Å². The summed E-state index contributed by atoms with van der Waals surface area (Å²) in [4.78, 5) is 0. The third-order valence-electron chi connectivity index (χ3n) is 1.83. The Balaban J connectivity index is 2.25. The van der Waals surface area contributed by atoms with Crippen molar-refractivity contribution in [3.8, 4) is 5.75 Å². The predicted molar refractivity (Wildman–Crippen MR) is 63.0 cm³/mol. The molecule has 0 bridgehead atoms. The van der Waals surface area contributed by atoms with Crippen LogP contribution in [0.25, 0.3) is 0 Å². The second kappa shape index (κ2) is 4.15. The van der Waals surface area contributed by atoms with Crippen molar-refractivity contribution in [1.82, 2.24) is 0 Å². The molecule has 84 valence electrons. The molecule has 0 saturated carbocycles. The smallest absolute Gasteiger partial charge is 0.348 e. The van der Waals surface area contributed by atoms with E-state index < -0.39 is 10.1 Å². The van der Waals surface area contributed by atoms with E-state index in [0.29, 0.717) is 5.69 Å². The van der Waals surface area contributed by atoms with Crippen LogP contribution in [0.3, 0.4) is 0 Å². The molecular weight excluding hydrogens is 246 g/mol. The highest BCUT2D eigenvalue weighted by atomic mass is 32.3. The standard InChI is InChI=1S/C10H9NO3S2/c11-8-3-5-9(6-4-8)14-16(12,13)10-2-1-7-15-10/h1-7H,11H2. The lowest BCUT2D eigenvalue weighted by Crippen LogP contribution is -2.07. The molecule has 1 heterocycles. The molecule has 16 heavy (non-hydrogen) atoms. The Hall–Kier alpha value is -1.53. The molecule has 1 aromatic carbocycles. The van der Waals surface area contributed by atoms with Crippen LogP contribution < -0.4 is 9.92 Å². The zero-order valence-corrected chi connectivity index (χ0v) is 9.79. The van der Waals surface area contributed by atoms with Gasteiger partial charge in [0.1, 0.15) is 5.75 Å². The number of thiophene rings is 1. The maximum atomic E-state index is 11.7. The van der Waals surface area contributed by atoms with Gasteiger partial charge in [0.2, 0.25) is 0 Å². The number of benzene rings is 1. The molecule has 0 radical (unpaired) electrons. The molecule has 2 aromatic rings. The highest BCUT2D eigenvalue weighted by Gasteiger charge is 2.17. The highest BCUT2D eigenvalue weighted by molar-refractivity contribution is 7.89. The van der Waals surface area contributed by atoms with Gasteiger partial charge < -0.3 is 9.92 Å². The fraction of sp³-hybridized carbons (Fsp3) is 0. The molecule has 0 amide bonds. The lowest BCUT2D eigenvalue weighted by atomic mass is 10.3. The Labute approximate surface area is 97.4 Å². The van der Waals surface area contributed by atoms with Crippen LogP contribution in [0.2, 0.25) is 0 Å². The molecule has 0 atom stereocenters. The zero-order valence-electron chi connectivity index (χ0n) is 8.16. The van der Waals surface area contributed by atoms with Crippen molar-refractivity contribution in [3.63, 3.8) is 0 Å². The van der Waals surface area contributed by atoms with E-state index in [-0.39, 0.29) is 9.96 Å². The van der Waals surface area contributed by atoms with E-state index in [1.165, 1.54) is 18.2 Å². The predicted octanol–water partition coefficient (Wildman–Crippen LogP) is 2.10. The first kappa shape index (κ1) is 11.0. The summed E-state index contributed by atoms with van der Waals surface area (Å²) >= 11 is 1.11. The summed E-state index contributed by atoms with van der Waals surface area (Å²) in [6.45, 7) is 0. The third-order valence-corrected chi connectivity index (χ3v) is 4.43. The van der Waals surface area contributed by atoms with E-state index in [1.807, 2.05) is 0 Å². The average Bonchev–Trinajstić information content (AvgIpc) is 2.75. The number of nitrogens with two attached hydrogens (primary N) is 1. The van der Waals surface area contributed by atoms with Gasteiger partial charge in [-0.1, -0.05) is 6.07 Å². The van der Waals surface area contributed by atoms with E-state index in [4.69, 9.17) is 9.92 Å². The van der Waals surface area contributed by atoms with E-state index in [9.17, 15) is 8.42 Å². The molecule has 2 rings (SSSR count). The maximum Gasteiger partial charge on any atom is 0.348 e. The molecule has 0 spiro atoms. The summed E-state index contributed by atoms with van der Waals surface area (Å²) in [7, 11) is -3.71. The van der Waals surface area contributed by atoms with Crippen LogP contribution in [0.15, 0.2) is 46.0 Å². The Morgan fingerprint density at radius 2 is 1.81 bits per heavy atom.